The summed E-state index contributed by atoms with van der Waals surface area (Å²) in [6.07, 6.45) is 0.0346. The molecule has 0 fully saturated rings. The van der Waals surface area contributed by atoms with E-state index in [1.54, 1.807) is 8.05 Å². The normalized spacial score (nSPS) is 10.5. The average molecular weight is 196 g/mol. The van der Waals surface area contributed by atoms with Gasteiger partial charge in [0.05, 0.1) is 6.10 Å². The standard InChI is InChI=1S/C13H13BO/c14-15-13(11-7-3-1-4-8-11)12-9-5-2-6-10-12/h1-10,13H,14H2. The number of rotatable bonds is 3. The number of hydrogen-bond donors (Lipinski definition) is 0. The van der Waals surface area contributed by atoms with Gasteiger partial charge in [-0.15, -0.1) is 0 Å². The summed E-state index contributed by atoms with van der Waals surface area (Å²) in [5, 5.41) is 0. The van der Waals surface area contributed by atoms with Crippen LogP contribution in [0.25, 0.3) is 0 Å². The van der Waals surface area contributed by atoms with E-state index in [0.29, 0.717) is 0 Å². The van der Waals surface area contributed by atoms with Crippen molar-refractivity contribution in [3.05, 3.63) is 71.8 Å². The van der Waals surface area contributed by atoms with Crippen molar-refractivity contribution in [1.29, 1.82) is 0 Å². The molecule has 0 bridgehead atoms. The minimum atomic E-state index is 0.0346. The predicted octanol–water partition coefficient (Wildman–Crippen LogP) is 2.34. The van der Waals surface area contributed by atoms with Gasteiger partial charge in [-0.05, 0) is 11.1 Å². The first kappa shape index (κ1) is 10.00. The fourth-order valence-electron chi connectivity index (χ4n) is 1.72. The first-order chi connectivity index (χ1) is 7.42. The van der Waals surface area contributed by atoms with Crippen molar-refractivity contribution < 1.29 is 4.65 Å². The van der Waals surface area contributed by atoms with E-state index in [1.807, 2.05) is 36.4 Å². The maximum Gasteiger partial charge on any atom is 0.258 e. The van der Waals surface area contributed by atoms with Crippen molar-refractivity contribution in [3.63, 3.8) is 0 Å². The predicted molar refractivity (Wildman–Crippen MR) is 64.4 cm³/mol. The van der Waals surface area contributed by atoms with Crippen LogP contribution in [-0.4, -0.2) is 8.05 Å². The highest BCUT2D eigenvalue weighted by atomic mass is 16.4. The van der Waals surface area contributed by atoms with Crippen molar-refractivity contribution in [2.45, 2.75) is 6.10 Å². The summed E-state index contributed by atoms with van der Waals surface area (Å²) >= 11 is 0. The zero-order valence-electron chi connectivity index (χ0n) is 8.76. The van der Waals surface area contributed by atoms with Crippen LogP contribution in [0.1, 0.15) is 17.2 Å². The summed E-state index contributed by atoms with van der Waals surface area (Å²) in [5.41, 5.74) is 2.37. The zero-order chi connectivity index (χ0) is 10.5. The molecule has 2 heteroatoms. The van der Waals surface area contributed by atoms with Gasteiger partial charge in [0.15, 0.2) is 0 Å². The highest BCUT2D eigenvalue weighted by Gasteiger charge is 2.10. The van der Waals surface area contributed by atoms with E-state index < -0.39 is 0 Å². The van der Waals surface area contributed by atoms with Crippen LogP contribution in [0.5, 0.6) is 0 Å². The molecule has 0 atom stereocenters. The molecule has 2 aromatic rings. The lowest BCUT2D eigenvalue weighted by molar-refractivity contribution is 0.273. The van der Waals surface area contributed by atoms with Gasteiger partial charge in [-0.2, -0.15) is 0 Å². The van der Waals surface area contributed by atoms with Gasteiger partial charge in [-0.25, -0.2) is 0 Å². The lowest BCUT2D eigenvalue weighted by Crippen LogP contribution is -2.03. The Morgan fingerprint density at radius 3 is 1.47 bits per heavy atom. The highest BCUT2D eigenvalue weighted by molar-refractivity contribution is 5.98. The van der Waals surface area contributed by atoms with Crippen LogP contribution in [0.3, 0.4) is 0 Å². The second kappa shape index (κ2) is 4.81. The van der Waals surface area contributed by atoms with Crippen molar-refractivity contribution in [2.24, 2.45) is 0 Å². The third-order valence-electron chi connectivity index (χ3n) is 2.44. The summed E-state index contributed by atoms with van der Waals surface area (Å²) in [4.78, 5) is 0. The SMILES string of the molecule is BOC(c1ccccc1)c1ccccc1. The Labute approximate surface area is 91.2 Å². The quantitative estimate of drug-likeness (QED) is 0.684. The number of hydrogen-bond acceptors (Lipinski definition) is 1. The molecule has 0 aliphatic rings. The number of benzene rings is 2. The lowest BCUT2D eigenvalue weighted by Gasteiger charge is -2.16. The van der Waals surface area contributed by atoms with E-state index in [1.165, 1.54) is 11.1 Å². The molecule has 0 unspecified atom stereocenters. The van der Waals surface area contributed by atoms with Crippen LogP contribution in [0.15, 0.2) is 60.7 Å². The summed E-state index contributed by atoms with van der Waals surface area (Å²) < 4.78 is 5.52. The van der Waals surface area contributed by atoms with Crippen LogP contribution in [0.2, 0.25) is 0 Å². The molecule has 0 aromatic heterocycles. The van der Waals surface area contributed by atoms with E-state index in [4.69, 9.17) is 4.65 Å². The Morgan fingerprint density at radius 1 is 0.733 bits per heavy atom. The summed E-state index contributed by atoms with van der Waals surface area (Å²) in [6, 6.07) is 20.5. The van der Waals surface area contributed by atoms with E-state index >= 15 is 0 Å². The molecule has 2 rings (SSSR count). The second-order valence-corrected chi connectivity index (χ2v) is 3.44. The highest BCUT2D eigenvalue weighted by Crippen LogP contribution is 2.24. The molecule has 0 N–H and O–H groups in total. The Bertz CT molecular complexity index is 360. The summed E-state index contributed by atoms with van der Waals surface area (Å²) in [6.45, 7) is 0. The van der Waals surface area contributed by atoms with Crippen LogP contribution in [0.4, 0.5) is 0 Å². The maximum atomic E-state index is 5.52. The van der Waals surface area contributed by atoms with E-state index in [0.717, 1.165) is 0 Å². The Hall–Kier alpha value is -1.54. The lowest BCUT2D eigenvalue weighted by atomic mass is 10.0. The third kappa shape index (κ3) is 2.28. The maximum absolute atomic E-state index is 5.52. The molecule has 1 nitrogen and oxygen atoms in total. The molecule has 0 saturated carbocycles. The molecule has 0 amide bonds. The van der Waals surface area contributed by atoms with E-state index in [9.17, 15) is 0 Å². The van der Waals surface area contributed by atoms with E-state index in [-0.39, 0.29) is 6.10 Å². The first-order valence-corrected chi connectivity index (χ1v) is 5.04. The molecule has 74 valence electrons. The van der Waals surface area contributed by atoms with Crippen LogP contribution in [-0.2, 0) is 4.65 Å². The molecular weight excluding hydrogens is 183 g/mol. The van der Waals surface area contributed by atoms with Crippen molar-refractivity contribution in [2.75, 3.05) is 0 Å². The minimum absolute atomic E-state index is 0.0346. The van der Waals surface area contributed by atoms with Crippen LogP contribution >= 0.6 is 0 Å². The van der Waals surface area contributed by atoms with Gasteiger partial charge < -0.3 is 4.65 Å². The summed E-state index contributed by atoms with van der Waals surface area (Å²) in [5.74, 6) is 0. The fourth-order valence-corrected chi connectivity index (χ4v) is 1.72. The topological polar surface area (TPSA) is 9.23 Å². The molecule has 0 aliphatic carbocycles. The third-order valence-corrected chi connectivity index (χ3v) is 2.44. The Morgan fingerprint density at radius 2 is 1.13 bits per heavy atom. The molecule has 0 radical (unpaired) electrons. The van der Waals surface area contributed by atoms with Gasteiger partial charge in [-0.1, -0.05) is 60.7 Å². The monoisotopic (exact) mass is 196 g/mol. The molecule has 0 aliphatic heterocycles. The largest absolute Gasteiger partial charge is 0.434 e. The van der Waals surface area contributed by atoms with Crippen LogP contribution in [0, 0.1) is 0 Å². The van der Waals surface area contributed by atoms with Gasteiger partial charge in [0.1, 0.15) is 0 Å². The van der Waals surface area contributed by atoms with Gasteiger partial charge in [-0.3, -0.25) is 0 Å². The molecule has 0 heterocycles. The fraction of sp³-hybridized carbons (Fsp3) is 0.0769. The zero-order valence-corrected chi connectivity index (χ0v) is 8.76. The van der Waals surface area contributed by atoms with Crippen molar-refractivity contribution >= 4 is 8.05 Å². The molecule has 0 saturated heterocycles. The Balaban J connectivity index is 2.34. The van der Waals surface area contributed by atoms with Gasteiger partial charge in [0.2, 0.25) is 0 Å². The second-order valence-electron chi connectivity index (χ2n) is 3.44. The van der Waals surface area contributed by atoms with Gasteiger partial charge in [0.25, 0.3) is 8.05 Å². The van der Waals surface area contributed by atoms with Crippen molar-refractivity contribution in [3.8, 4) is 0 Å². The van der Waals surface area contributed by atoms with Crippen LogP contribution < -0.4 is 0 Å². The molecular formula is C13H13BO. The smallest absolute Gasteiger partial charge is 0.258 e. The molecule has 2 aromatic carbocycles. The van der Waals surface area contributed by atoms with Gasteiger partial charge in [0, 0.05) is 0 Å². The summed E-state index contributed by atoms with van der Waals surface area (Å²) in [7, 11) is 1.74. The minimum Gasteiger partial charge on any atom is -0.434 e. The first-order valence-electron chi connectivity index (χ1n) is 5.04. The molecule has 0 spiro atoms. The van der Waals surface area contributed by atoms with Gasteiger partial charge >= 0.3 is 0 Å². The van der Waals surface area contributed by atoms with E-state index in [2.05, 4.69) is 24.3 Å². The Kier molecular flexibility index (Phi) is 3.20. The van der Waals surface area contributed by atoms with Crippen molar-refractivity contribution in [1.82, 2.24) is 0 Å². The average Bonchev–Trinajstić information content (AvgIpc) is 2.33. The molecule has 15 heavy (non-hydrogen) atoms.